The number of fused-ring (bicyclic) bond motifs is 1. The third kappa shape index (κ3) is 4.72. The quantitative estimate of drug-likeness (QED) is 0.368. The van der Waals surface area contributed by atoms with Crippen LogP contribution in [0, 0.1) is 12.8 Å². The van der Waals surface area contributed by atoms with Crippen molar-refractivity contribution in [3.8, 4) is 11.3 Å². The number of amides is 1. The van der Waals surface area contributed by atoms with Crippen molar-refractivity contribution in [2.75, 3.05) is 25.0 Å². The van der Waals surface area contributed by atoms with Crippen molar-refractivity contribution < 1.29 is 4.79 Å². The van der Waals surface area contributed by atoms with Crippen LogP contribution in [0.15, 0.2) is 55.0 Å². The Morgan fingerprint density at radius 1 is 1.14 bits per heavy atom. The summed E-state index contributed by atoms with van der Waals surface area (Å²) in [7, 11) is 0. The molecule has 0 unspecified atom stereocenters. The Morgan fingerprint density at radius 2 is 1.94 bits per heavy atom. The molecule has 0 spiro atoms. The number of nitrogens with zero attached hydrogens (tertiary/aromatic N) is 4. The molecule has 1 saturated heterocycles. The smallest absolute Gasteiger partial charge is 0.254 e. The Hall–Kier alpha value is -3.13. The van der Waals surface area contributed by atoms with E-state index < -0.39 is 0 Å². The number of aryl methyl sites for hydroxylation is 1. The lowest BCUT2D eigenvalue weighted by Crippen LogP contribution is -2.40. The van der Waals surface area contributed by atoms with Gasteiger partial charge < -0.3 is 16.0 Å². The molecule has 0 radical (unpaired) electrons. The third-order valence-corrected chi connectivity index (χ3v) is 7.14. The van der Waals surface area contributed by atoms with E-state index in [-0.39, 0.29) is 5.91 Å². The Balaban J connectivity index is 1.38. The van der Waals surface area contributed by atoms with Gasteiger partial charge in [-0.25, -0.2) is 9.97 Å². The molecule has 180 valence electrons. The van der Waals surface area contributed by atoms with Crippen LogP contribution in [0.4, 0.5) is 11.5 Å². The number of carbonyl (C=O) groups excluding carboxylic acids is 1. The van der Waals surface area contributed by atoms with Gasteiger partial charge in [0, 0.05) is 47.3 Å². The van der Waals surface area contributed by atoms with Crippen molar-refractivity contribution in [1.82, 2.24) is 19.3 Å². The first kappa shape index (κ1) is 23.6. The number of halogens is 2. The highest BCUT2D eigenvalue weighted by Gasteiger charge is 2.24. The van der Waals surface area contributed by atoms with Gasteiger partial charge in [-0.3, -0.25) is 9.20 Å². The van der Waals surface area contributed by atoms with Crippen molar-refractivity contribution in [2.45, 2.75) is 19.8 Å². The standard InChI is InChI=1S/C26H26Cl2N6O/c1-16-12-19(3-5-20(16)26(35)33-9-6-17(14-29)7-10-33)32-24-25-31-15-23(34(25)11-8-30-24)21-4-2-18(27)13-22(21)28/h2-5,8,11-13,15,17H,6-7,9-10,14,29H2,1H3,(H,30,32). The van der Waals surface area contributed by atoms with Gasteiger partial charge in [-0.2, -0.15) is 0 Å². The number of benzene rings is 2. The van der Waals surface area contributed by atoms with Crippen LogP contribution in [0.5, 0.6) is 0 Å². The van der Waals surface area contributed by atoms with E-state index in [4.69, 9.17) is 28.9 Å². The summed E-state index contributed by atoms with van der Waals surface area (Å²) >= 11 is 12.5. The van der Waals surface area contributed by atoms with E-state index in [1.807, 2.05) is 46.7 Å². The van der Waals surface area contributed by atoms with E-state index >= 15 is 0 Å². The SMILES string of the molecule is Cc1cc(Nc2nccn3c(-c4ccc(Cl)cc4Cl)cnc23)ccc1C(=O)N1CCC(CN)CC1. The lowest BCUT2D eigenvalue weighted by molar-refractivity contribution is 0.0692. The van der Waals surface area contributed by atoms with Gasteiger partial charge in [0.2, 0.25) is 0 Å². The topological polar surface area (TPSA) is 88.5 Å². The highest BCUT2D eigenvalue weighted by molar-refractivity contribution is 6.36. The average Bonchev–Trinajstić information content (AvgIpc) is 3.29. The van der Waals surface area contributed by atoms with Gasteiger partial charge in [-0.1, -0.05) is 23.2 Å². The number of nitrogens with two attached hydrogens (primary N) is 1. The maximum Gasteiger partial charge on any atom is 0.254 e. The van der Waals surface area contributed by atoms with E-state index in [2.05, 4.69) is 15.3 Å². The van der Waals surface area contributed by atoms with Crippen LogP contribution < -0.4 is 11.1 Å². The highest BCUT2D eigenvalue weighted by atomic mass is 35.5. The number of hydrogen-bond donors (Lipinski definition) is 2. The largest absolute Gasteiger partial charge is 0.339 e. The Labute approximate surface area is 213 Å². The zero-order valence-electron chi connectivity index (χ0n) is 19.3. The molecular formula is C26H26Cl2N6O. The van der Waals surface area contributed by atoms with Gasteiger partial charge in [0.1, 0.15) is 0 Å². The fourth-order valence-corrected chi connectivity index (χ4v) is 5.07. The molecule has 5 rings (SSSR count). The fourth-order valence-electron chi connectivity index (χ4n) is 4.56. The Bertz CT molecular complexity index is 1390. The second-order valence-electron chi connectivity index (χ2n) is 8.86. The molecule has 2 aromatic carbocycles. The van der Waals surface area contributed by atoms with E-state index in [1.54, 1.807) is 24.5 Å². The zero-order chi connectivity index (χ0) is 24.5. The van der Waals surface area contributed by atoms with Crippen LogP contribution in [0.25, 0.3) is 16.9 Å². The molecule has 1 aliphatic rings. The van der Waals surface area contributed by atoms with Gasteiger partial charge in [0.05, 0.1) is 16.9 Å². The van der Waals surface area contributed by atoms with Crippen LogP contribution >= 0.6 is 23.2 Å². The van der Waals surface area contributed by atoms with Crippen molar-refractivity contribution in [3.05, 3.63) is 76.2 Å². The number of imidazole rings is 1. The molecule has 7 nitrogen and oxygen atoms in total. The normalized spacial score (nSPS) is 14.5. The molecule has 0 bridgehead atoms. The highest BCUT2D eigenvalue weighted by Crippen LogP contribution is 2.32. The number of rotatable bonds is 5. The molecule has 4 aromatic rings. The molecule has 1 amide bonds. The van der Waals surface area contributed by atoms with Crippen LogP contribution in [0.1, 0.15) is 28.8 Å². The molecular weight excluding hydrogens is 483 g/mol. The van der Waals surface area contributed by atoms with Crippen LogP contribution in [-0.2, 0) is 0 Å². The summed E-state index contributed by atoms with van der Waals surface area (Å²) in [5.74, 6) is 1.19. The van der Waals surface area contributed by atoms with Gasteiger partial charge in [-0.05, 0) is 74.2 Å². The summed E-state index contributed by atoms with van der Waals surface area (Å²) in [6, 6.07) is 11.1. The monoisotopic (exact) mass is 508 g/mol. The minimum atomic E-state index is 0.0717. The first-order chi connectivity index (χ1) is 16.9. The van der Waals surface area contributed by atoms with E-state index in [0.29, 0.717) is 39.5 Å². The minimum Gasteiger partial charge on any atom is -0.339 e. The molecule has 35 heavy (non-hydrogen) atoms. The zero-order valence-corrected chi connectivity index (χ0v) is 20.9. The average molecular weight is 509 g/mol. The predicted molar refractivity (Wildman–Crippen MR) is 141 cm³/mol. The second kappa shape index (κ2) is 9.85. The number of anilines is 2. The first-order valence-electron chi connectivity index (χ1n) is 11.6. The number of piperidine rings is 1. The maximum absolute atomic E-state index is 13.1. The molecule has 1 aliphatic heterocycles. The van der Waals surface area contributed by atoms with Crippen LogP contribution in [0.2, 0.25) is 10.0 Å². The fraction of sp³-hybridized carbons (Fsp3) is 0.269. The second-order valence-corrected chi connectivity index (χ2v) is 9.71. The van der Waals surface area contributed by atoms with E-state index in [9.17, 15) is 4.79 Å². The maximum atomic E-state index is 13.1. The minimum absolute atomic E-state index is 0.0717. The molecule has 2 aromatic heterocycles. The molecule has 3 heterocycles. The summed E-state index contributed by atoms with van der Waals surface area (Å²) in [5, 5.41) is 4.48. The lowest BCUT2D eigenvalue weighted by atomic mass is 9.96. The van der Waals surface area contributed by atoms with Crippen molar-refractivity contribution >= 4 is 46.3 Å². The Kier molecular flexibility index (Phi) is 6.65. The van der Waals surface area contributed by atoms with Gasteiger partial charge in [0.25, 0.3) is 5.91 Å². The number of carbonyl (C=O) groups is 1. The van der Waals surface area contributed by atoms with Gasteiger partial charge in [-0.15, -0.1) is 0 Å². The number of likely N-dealkylation sites (tertiary alicyclic amines) is 1. The molecule has 9 heteroatoms. The lowest BCUT2D eigenvalue weighted by Gasteiger charge is -2.31. The molecule has 1 fully saturated rings. The summed E-state index contributed by atoms with van der Waals surface area (Å²) in [4.78, 5) is 24.1. The van der Waals surface area contributed by atoms with E-state index in [0.717, 1.165) is 48.4 Å². The van der Waals surface area contributed by atoms with Crippen molar-refractivity contribution in [3.63, 3.8) is 0 Å². The molecule has 0 aliphatic carbocycles. The van der Waals surface area contributed by atoms with Crippen molar-refractivity contribution in [2.24, 2.45) is 11.7 Å². The van der Waals surface area contributed by atoms with Crippen LogP contribution in [0.3, 0.4) is 0 Å². The van der Waals surface area contributed by atoms with E-state index in [1.165, 1.54) is 0 Å². The first-order valence-corrected chi connectivity index (χ1v) is 12.3. The summed E-state index contributed by atoms with van der Waals surface area (Å²) in [5.41, 5.74) is 10.6. The molecule has 0 saturated carbocycles. The third-order valence-electron chi connectivity index (χ3n) is 6.59. The molecule has 3 N–H and O–H groups in total. The van der Waals surface area contributed by atoms with Crippen molar-refractivity contribution in [1.29, 1.82) is 0 Å². The number of aromatic nitrogens is 3. The van der Waals surface area contributed by atoms with Gasteiger partial charge >= 0.3 is 0 Å². The van der Waals surface area contributed by atoms with Gasteiger partial charge in [0.15, 0.2) is 11.5 Å². The number of nitrogens with one attached hydrogen (secondary N) is 1. The summed E-state index contributed by atoms with van der Waals surface area (Å²) in [6.07, 6.45) is 7.24. The Morgan fingerprint density at radius 3 is 2.66 bits per heavy atom. The summed E-state index contributed by atoms with van der Waals surface area (Å²) in [6.45, 7) is 4.15. The van der Waals surface area contributed by atoms with Crippen LogP contribution in [-0.4, -0.2) is 44.8 Å². The number of hydrogen-bond acceptors (Lipinski definition) is 5. The summed E-state index contributed by atoms with van der Waals surface area (Å²) < 4.78 is 1.93. The predicted octanol–water partition coefficient (Wildman–Crippen LogP) is 5.57. The molecule has 0 atom stereocenters.